The van der Waals surface area contributed by atoms with Crippen LogP contribution in [0.3, 0.4) is 0 Å². The third kappa shape index (κ3) is 12.2. The van der Waals surface area contributed by atoms with Crippen LogP contribution in [0.1, 0.15) is 71.6 Å². The first-order valence-corrected chi connectivity index (χ1v) is 8.27. The van der Waals surface area contributed by atoms with Crippen LogP contribution >= 0.6 is 0 Å². The van der Waals surface area contributed by atoms with Gasteiger partial charge >= 0.3 is 0 Å². The lowest BCUT2D eigenvalue weighted by molar-refractivity contribution is 0.283. The molecule has 0 aromatic heterocycles. The smallest absolute Gasteiger partial charge is 0.0227 e. The molecule has 0 heterocycles. The van der Waals surface area contributed by atoms with Gasteiger partial charge in [-0.3, -0.25) is 4.90 Å². The van der Waals surface area contributed by atoms with Crippen LogP contribution in [0.4, 0.5) is 0 Å². The summed E-state index contributed by atoms with van der Waals surface area (Å²) in [6, 6.07) is 0. The van der Waals surface area contributed by atoms with Crippen molar-refractivity contribution in [1.82, 2.24) is 4.90 Å². The van der Waals surface area contributed by atoms with Crippen LogP contribution in [0, 0.1) is 0 Å². The maximum absolute atomic E-state index is 4.06. The van der Waals surface area contributed by atoms with E-state index in [2.05, 4.69) is 31.9 Å². The third-order valence-corrected chi connectivity index (χ3v) is 3.62. The summed E-state index contributed by atoms with van der Waals surface area (Å²) in [5, 5.41) is 0. The summed E-state index contributed by atoms with van der Waals surface area (Å²) in [7, 11) is 0. The maximum Gasteiger partial charge on any atom is 0.0227 e. The molecule has 19 heavy (non-hydrogen) atoms. The molecule has 112 valence electrons. The molecule has 0 N–H and O–H groups in total. The van der Waals surface area contributed by atoms with Crippen molar-refractivity contribution in [2.75, 3.05) is 19.6 Å². The Bertz CT molecular complexity index is 220. The zero-order valence-electron chi connectivity index (χ0n) is 13.4. The van der Waals surface area contributed by atoms with Gasteiger partial charge in [-0.2, -0.15) is 0 Å². The number of unbranched alkanes of at least 4 members (excludes halogenated alkanes) is 7. The largest absolute Gasteiger partial charge is 0.299 e. The second-order valence-electron chi connectivity index (χ2n) is 5.61. The van der Waals surface area contributed by atoms with Gasteiger partial charge in [-0.1, -0.05) is 78.0 Å². The van der Waals surface area contributed by atoms with E-state index in [1.807, 2.05) is 6.08 Å². The van der Waals surface area contributed by atoms with E-state index in [9.17, 15) is 0 Å². The Morgan fingerprint density at radius 1 is 0.842 bits per heavy atom. The van der Waals surface area contributed by atoms with Crippen molar-refractivity contribution in [2.24, 2.45) is 0 Å². The van der Waals surface area contributed by atoms with Gasteiger partial charge in [0.1, 0.15) is 0 Å². The molecule has 1 nitrogen and oxygen atoms in total. The summed E-state index contributed by atoms with van der Waals surface area (Å²) in [4.78, 5) is 2.56. The fourth-order valence-electron chi connectivity index (χ4n) is 2.32. The van der Waals surface area contributed by atoms with E-state index in [1.54, 1.807) is 0 Å². The lowest BCUT2D eigenvalue weighted by atomic mass is 10.1. The van der Waals surface area contributed by atoms with Crippen LogP contribution in [0.2, 0.25) is 0 Å². The molecule has 0 aromatic rings. The molecule has 1 heteroatoms. The van der Waals surface area contributed by atoms with Crippen molar-refractivity contribution in [3.8, 4) is 0 Å². The Morgan fingerprint density at radius 2 is 1.32 bits per heavy atom. The van der Waals surface area contributed by atoms with Gasteiger partial charge in [-0.25, -0.2) is 0 Å². The summed E-state index contributed by atoms with van der Waals surface area (Å²) >= 11 is 0. The number of hydrogen-bond donors (Lipinski definition) is 0. The first-order chi connectivity index (χ1) is 9.24. The van der Waals surface area contributed by atoms with Gasteiger partial charge in [0.2, 0.25) is 0 Å². The molecule has 0 bridgehead atoms. The first kappa shape index (κ1) is 18.4. The Labute approximate surface area is 121 Å². The molecule has 0 unspecified atom stereocenters. The molecule has 0 saturated heterocycles. The number of hydrogen-bond acceptors (Lipinski definition) is 1. The van der Waals surface area contributed by atoms with Crippen molar-refractivity contribution in [1.29, 1.82) is 0 Å². The average molecular weight is 265 g/mol. The van der Waals surface area contributed by atoms with Crippen LogP contribution in [0.5, 0.6) is 0 Å². The summed E-state index contributed by atoms with van der Waals surface area (Å²) in [5.41, 5.74) is 1.16. The lowest BCUT2D eigenvalue weighted by Gasteiger charge is -2.22. The molecule has 0 rings (SSSR count). The summed E-state index contributed by atoms with van der Waals surface area (Å²) < 4.78 is 0. The average Bonchev–Trinajstić information content (AvgIpc) is 2.42. The van der Waals surface area contributed by atoms with Gasteiger partial charge in [-0.15, -0.1) is 0 Å². The SMILES string of the molecule is C=CC(=C)CN(CCCCCC)CCCCCCC. The molecule has 0 fully saturated rings. The highest BCUT2D eigenvalue weighted by Crippen LogP contribution is 2.08. The Kier molecular flexibility index (Phi) is 13.5. The second kappa shape index (κ2) is 13.9. The minimum absolute atomic E-state index is 1.00. The van der Waals surface area contributed by atoms with E-state index < -0.39 is 0 Å². The zero-order chi connectivity index (χ0) is 14.3. The van der Waals surface area contributed by atoms with Gasteiger partial charge in [-0.05, 0) is 31.5 Å². The quantitative estimate of drug-likeness (QED) is 0.293. The monoisotopic (exact) mass is 265 g/mol. The molecular weight excluding hydrogens is 230 g/mol. The van der Waals surface area contributed by atoms with E-state index in [1.165, 1.54) is 70.9 Å². The van der Waals surface area contributed by atoms with E-state index >= 15 is 0 Å². The van der Waals surface area contributed by atoms with E-state index in [4.69, 9.17) is 0 Å². The molecule has 0 amide bonds. The fraction of sp³-hybridized carbons (Fsp3) is 0.778. The molecule has 0 radical (unpaired) electrons. The number of rotatable bonds is 14. The molecule has 0 aliphatic carbocycles. The van der Waals surface area contributed by atoms with Crippen molar-refractivity contribution >= 4 is 0 Å². The van der Waals surface area contributed by atoms with Gasteiger partial charge in [0.05, 0.1) is 0 Å². The van der Waals surface area contributed by atoms with Gasteiger partial charge in [0.25, 0.3) is 0 Å². The Morgan fingerprint density at radius 3 is 1.79 bits per heavy atom. The van der Waals surface area contributed by atoms with Crippen LogP contribution in [0.15, 0.2) is 24.8 Å². The van der Waals surface area contributed by atoms with E-state index in [0.717, 1.165) is 12.1 Å². The summed E-state index contributed by atoms with van der Waals surface area (Å²) in [5.74, 6) is 0. The third-order valence-electron chi connectivity index (χ3n) is 3.62. The first-order valence-electron chi connectivity index (χ1n) is 8.27. The minimum atomic E-state index is 1.00. The zero-order valence-corrected chi connectivity index (χ0v) is 13.4. The summed E-state index contributed by atoms with van der Waals surface area (Å²) in [6.07, 6.45) is 14.1. The molecule has 0 spiro atoms. The predicted molar refractivity (Wildman–Crippen MR) is 88.7 cm³/mol. The van der Waals surface area contributed by atoms with Crippen molar-refractivity contribution in [3.63, 3.8) is 0 Å². The highest BCUT2D eigenvalue weighted by Gasteiger charge is 2.05. The van der Waals surface area contributed by atoms with Gasteiger partial charge < -0.3 is 0 Å². The maximum atomic E-state index is 4.06. The number of nitrogens with zero attached hydrogens (tertiary/aromatic N) is 1. The fourth-order valence-corrected chi connectivity index (χ4v) is 2.32. The standard InChI is InChI=1S/C18H35N/c1-5-8-10-12-14-16-19(17-18(4)7-3)15-13-11-9-6-2/h7H,3-6,8-17H2,1-2H3. The molecule has 0 aliphatic heterocycles. The van der Waals surface area contributed by atoms with E-state index in [-0.39, 0.29) is 0 Å². The highest BCUT2D eigenvalue weighted by atomic mass is 15.1. The molecular formula is C18H35N. The summed E-state index contributed by atoms with van der Waals surface area (Å²) in [6.45, 7) is 15.9. The molecule has 0 saturated carbocycles. The van der Waals surface area contributed by atoms with Crippen molar-refractivity contribution < 1.29 is 0 Å². The topological polar surface area (TPSA) is 3.24 Å². The van der Waals surface area contributed by atoms with Gasteiger partial charge in [0, 0.05) is 6.54 Å². The molecule has 0 aliphatic rings. The lowest BCUT2D eigenvalue weighted by Crippen LogP contribution is -2.27. The predicted octanol–water partition coefficient (Wildman–Crippen LogP) is 5.58. The normalized spacial score (nSPS) is 10.9. The molecule has 0 atom stereocenters. The van der Waals surface area contributed by atoms with Crippen LogP contribution in [0.25, 0.3) is 0 Å². The van der Waals surface area contributed by atoms with Gasteiger partial charge in [0.15, 0.2) is 0 Å². The minimum Gasteiger partial charge on any atom is -0.299 e. The second-order valence-corrected chi connectivity index (χ2v) is 5.61. The van der Waals surface area contributed by atoms with Crippen LogP contribution in [-0.2, 0) is 0 Å². The van der Waals surface area contributed by atoms with Crippen molar-refractivity contribution in [3.05, 3.63) is 24.8 Å². The van der Waals surface area contributed by atoms with E-state index in [0.29, 0.717) is 0 Å². The highest BCUT2D eigenvalue weighted by molar-refractivity contribution is 5.12. The molecule has 0 aromatic carbocycles. The van der Waals surface area contributed by atoms with Crippen LogP contribution < -0.4 is 0 Å². The Hall–Kier alpha value is -0.560. The van der Waals surface area contributed by atoms with Crippen molar-refractivity contribution in [2.45, 2.75) is 71.6 Å². The van der Waals surface area contributed by atoms with Crippen LogP contribution in [-0.4, -0.2) is 24.5 Å². The Balaban J connectivity index is 3.82.